The number of carbonyl (C=O) groups excluding carboxylic acids is 1. The summed E-state index contributed by atoms with van der Waals surface area (Å²) in [7, 11) is 0. The number of hydrogen-bond donors (Lipinski definition) is 1. The fourth-order valence-corrected chi connectivity index (χ4v) is 1.63. The van der Waals surface area contributed by atoms with Crippen molar-refractivity contribution in [3.8, 4) is 18.1 Å². The van der Waals surface area contributed by atoms with Crippen LogP contribution in [0.4, 0.5) is 0 Å². The summed E-state index contributed by atoms with van der Waals surface area (Å²) in [6.07, 6.45) is 6.93. The van der Waals surface area contributed by atoms with E-state index in [1.165, 1.54) is 0 Å². The number of nitrogens with one attached hydrogen (secondary N) is 1. The fraction of sp³-hybridized carbons (Fsp3) is 0.125. The van der Waals surface area contributed by atoms with Crippen molar-refractivity contribution in [1.29, 1.82) is 0 Å². The lowest BCUT2D eigenvalue weighted by atomic mass is 10.2. The largest absolute Gasteiger partial charge is 0.489 e. The van der Waals surface area contributed by atoms with Crippen molar-refractivity contribution >= 4 is 5.91 Å². The third-order valence-corrected chi connectivity index (χ3v) is 2.59. The summed E-state index contributed by atoms with van der Waals surface area (Å²) in [4.78, 5) is 15.8. The van der Waals surface area contributed by atoms with E-state index in [4.69, 9.17) is 11.2 Å². The summed E-state index contributed by atoms with van der Waals surface area (Å²) in [6.45, 7) is 0.728. The first-order valence-corrected chi connectivity index (χ1v) is 6.19. The van der Waals surface area contributed by atoms with Gasteiger partial charge in [0.1, 0.15) is 6.61 Å². The van der Waals surface area contributed by atoms with Gasteiger partial charge in [-0.15, -0.1) is 6.42 Å². The number of pyridine rings is 1. The zero-order valence-electron chi connectivity index (χ0n) is 10.9. The predicted molar refractivity (Wildman–Crippen MR) is 76.4 cm³/mol. The van der Waals surface area contributed by atoms with Crippen molar-refractivity contribution in [2.75, 3.05) is 13.2 Å². The Morgan fingerprint density at radius 2 is 2.05 bits per heavy atom. The standard InChI is InChI=1S/C16H14N2O2/c1-2-14-15(9-6-10-17-14)20-12-11-18-16(19)13-7-4-3-5-8-13/h1,3-10H,11-12H2,(H,18,19). The molecule has 4 nitrogen and oxygen atoms in total. The number of hydrogen-bond acceptors (Lipinski definition) is 3. The Labute approximate surface area is 117 Å². The summed E-state index contributed by atoms with van der Waals surface area (Å²) in [5, 5.41) is 2.77. The van der Waals surface area contributed by atoms with Crippen LogP contribution < -0.4 is 10.1 Å². The van der Waals surface area contributed by atoms with Gasteiger partial charge in [-0.05, 0) is 30.2 Å². The van der Waals surface area contributed by atoms with Gasteiger partial charge in [-0.2, -0.15) is 0 Å². The lowest BCUT2D eigenvalue weighted by Crippen LogP contribution is -2.28. The number of nitrogens with zero attached hydrogens (tertiary/aromatic N) is 1. The van der Waals surface area contributed by atoms with Crippen molar-refractivity contribution in [1.82, 2.24) is 10.3 Å². The highest BCUT2D eigenvalue weighted by Gasteiger charge is 2.04. The summed E-state index contributed by atoms with van der Waals surface area (Å²) >= 11 is 0. The van der Waals surface area contributed by atoms with Crippen LogP contribution in [-0.2, 0) is 0 Å². The van der Waals surface area contributed by atoms with Crippen LogP contribution in [0.15, 0.2) is 48.7 Å². The van der Waals surface area contributed by atoms with Gasteiger partial charge < -0.3 is 10.1 Å². The Kier molecular flexibility index (Phi) is 4.74. The van der Waals surface area contributed by atoms with Gasteiger partial charge in [0, 0.05) is 11.8 Å². The third kappa shape index (κ3) is 3.59. The van der Waals surface area contributed by atoms with Crippen molar-refractivity contribution < 1.29 is 9.53 Å². The van der Waals surface area contributed by atoms with Gasteiger partial charge in [-0.25, -0.2) is 4.98 Å². The molecule has 0 atom stereocenters. The molecule has 0 fully saturated rings. The molecule has 1 aromatic heterocycles. The highest BCUT2D eigenvalue weighted by Crippen LogP contribution is 2.13. The summed E-state index contributed by atoms with van der Waals surface area (Å²) in [5.74, 6) is 2.87. The lowest BCUT2D eigenvalue weighted by molar-refractivity contribution is 0.0947. The minimum absolute atomic E-state index is 0.127. The van der Waals surface area contributed by atoms with Gasteiger partial charge in [0.2, 0.25) is 0 Å². The van der Waals surface area contributed by atoms with Crippen LogP contribution in [0.5, 0.6) is 5.75 Å². The van der Waals surface area contributed by atoms with Gasteiger partial charge in [-0.3, -0.25) is 4.79 Å². The van der Waals surface area contributed by atoms with Crippen LogP contribution in [0.2, 0.25) is 0 Å². The summed E-state index contributed by atoms with van der Waals surface area (Å²) in [6, 6.07) is 12.5. The van der Waals surface area contributed by atoms with E-state index in [0.29, 0.717) is 30.2 Å². The average molecular weight is 266 g/mol. The number of aromatic nitrogens is 1. The van der Waals surface area contributed by atoms with Crippen molar-refractivity contribution in [2.24, 2.45) is 0 Å². The Bertz CT molecular complexity index is 618. The van der Waals surface area contributed by atoms with E-state index < -0.39 is 0 Å². The zero-order chi connectivity index (χ0) is 14.2. The van der Waals surface area contributed by atoms with Gasteiger partial charge >= 0.3 is 0 Å². The third-order valence-electron chi connectivity index (χ3n) is 2.59. The second-order valence-corrected chi connectivity index (χ2v) is 3.96. The first kappa shape index (κ1) is 13.6. The van der Waals surface area contributed by atoms with Crippen LogP contribution in [0.1, 0.15) is 16.1 Å². The first-order chi connectivity index (χ1) is 9.81. The molecular formula is C16H14N2O2. The molecule has 0 unspecified atom stereocenters. The molecule has 1 heterocycles. The number of carbonyl (C=O) groups is 1. The SMILES string of the molecule is C#Cc1ncccc1OCCNC(=O)c1ccccc1. The van der Waals surface area contributed by atoms with Gasteiger partial charge in [0.25, 0.3) is 5.91 Å². The molecule has 100 valence electrons. The number of benzene rings is 1. The second-order valence-electron chi connectivity index (χ2n) is 3.96. The predicted octanol–water partition coefficient (Wildman–Crippen LogP) is 1.87. The molecule has 0 spiro atoms. The quantitative estimate of drug-likeness (QED) is 0.664. The normalized spacial score (nSPS) is 9.55. The zero-order valence-corrected chi connectivity index (χ0v) is 10.9. The Morgan fingerprint density at radius 1 is 1.25 bits per heavy atom. The highest BCUT2D eigenvalue weighted by molar-refractivity contribution is 5.94. The highest BCUT2D eigenvalue weighted by atomic mass is 16.5. The second kappa shape index (κ2) is 6.95. The topological polar surface area (TPSA) is 51.2 Å². The molecule has 0 aliphatic heterocycles. The lowest BCUT2D eigenvalue weighted by Gasteiger charge is -2.08. The summed E-state index contributed by atoms with van der Waals surface area (Å²) < 4.78 is 5.49. The van der Waals surface area contributed by atoms with Crippen LogP contribution in [0.25, 0.3) is 0 Å². The minimum Gasteiger partial charge on any atom is -0.489 e. The maximum Gasteiger partial charge on any atom is 0.251 e. The van der Waals surface area contributed by atoms with E-state index in [-0.39, 0.29) is 5.91 Å². The fourth-order valence-electron chi connectivity index (χ4n) is 1.63. The summed E-state index contributed by atoms with van der Waals surface area (Å²) in [5.41, 5.74) is 1.08. The Balaban J connectivity index is 1.80. The monoisotopic (exact) mass is 266 g/mol. The van der Waals surface area contributed by atoms with Crippen molar-refractivity contribution in [2.45, 2.75) is 0 Å². The molecule has 4 heteroatoms. The smallest absolute Gasteiger partial charge is 0.251 e. The maximum atomic E-state index is 11.8. The molecule has 0 saturated carbocycles. The molecule has 2 rings (SSSR count). The number of amides is 1. The van der Waals surface area contributed by atoms with E-state index >= 15 is 0 Å². The first-order valence-electron chi connectivity index (χ1n) is 6.19. The molecule has 0 bridgehead atoms. The van der Waals surface area contributed by atoms with Crippen molar-refractivity contribution in [3.05, 3.63) is 59.9 Å². The molecule has 1 aromatic carbocycles. The molecule has 1 amide bonds. The van der Waals surface area contributed by atoms with Gasteiger partial charge in [-0.1, -0.05) is 18.2 Å². The van der Waals surface area contributed by atoms with Gasteiger partial charge in [0.15, 0.2) is 11.4 Å². The van der Waals surface area contributed by atoms with Crippen molar-refractivity contribution in [3.63, 3.8) is 0 Å². The molecule has 0 radical (unpaired) electrons. The van der Waals surface area contributed by atoms with Crippen LogP contribution in [-0.4, -0.2) is 24.0 Å². The minimum atomic E-state index is -0.127. The van der Waals surface area contributed by atoms with E-state index in [1.54, 1.807) is 30.5 Å². The van der Waals surface area contributed by atoms with Crippen LogP contribution >= 0.6 is 0 Å². The van der Waals surface area contributed by atoms with Gasteiger partial charge in [0.05, 0.1) is 6.54 Å². The number of ether oxygens (including phenoxy) is 1. The van der Waals surface area contributed by atoms with E-state index in [0.717, 1.165) is 0 Å². The molecule has 0 aliphatic carbocycles. The molecule has 2 aromatic rings. The van der Waals surface area contributed by atoms with E-state index in [9.17, 15) is 4.79 Å². The average Bonchev–Trinajstić information content (AvgIpc) is 2.52. The Hall–Kier alpha value is -2.80. The maximum absolute atomic E-state index is 11.8. The molecular weight excluding hydrogens is 252 g/mol. The number of rotatable bonds is 5. The van der Waals surface area contributed by atoms with E-state index in [1.807, 2.05) is 18.2 Å². The van der Waals surface area contributed by atoms with E-state index in [2.05, 4.69) is 16.2 Å². The molecule has 1 N–H and O–H groups in total. The molecule has 0 saturated heterocycles. The molecule has 20 heavy (non-hydrogen) atoms. The van der Waals surface area contributed by atoms with Crippen LogP contribution in [0.3, 0.4) is 0 Å². The van der Waals surface area contributed by atoms with Crippen LogP contribution in [0, 0.1) is 12.3 Å². The Morgan fingerprint density at radius 3 is 2.80 bits per heavy atom. The molecule has 0 aliphatic rings. The number of terminal acetylenes is 1.